The summed E-state index contributed by atoms with van der Waals surface area (Å²) >= 11 is 0. The topological polar surface area (TPSA) is 141 Å². The van der Waals surface area contributed by atoms with Crippen LogP contribution in [0, 0.1) is 5.41 Å². The Hall–Kier alpha value is -3.75. The Kier molecular flexibility index (Phi) is 6.96. The average molecular weight is 425 g/mol. The number of hydrogen-bond donors (Lipinski definition) is 5. The van der Waals surface area contributed by atoms with Crippen LogP contribution in [-0.2, 0) is 17.8 Å². The van der Waals surface area contributed by atoms with Crippen LogP contribution in [0.2, 0.25) is 0 Å². The zero-order valence-electron chi connectivity index (χ0n) is 17.3. The third kappa shape index (κ3) is 5.44. The Labute approximate surface area is 180 Å². The number of nitrogens with zero attached hydrogens (tertiary/aromatic N) is 1. The first-order valence-electron chi connectivity index (χ1n) is 9.99. The van der Waals surface area contributed by atoms with Crippen molar-refractivity contribution in [2.24, 2.45) is 5.73 Å². The van der Waals surface area contributed by atoms with Gasteiger partial charge in [-0.2, -0.15) is 0 Å². The summed E-state index contributed by atoms with van der Waals surface area (Å²) in [6.07, 6.45) is 0.729. The molecule has 2 aromatic rings. The normalized spacial score (nSPS) is 15.7. The molecular weight excluding hydrogens is 398 g/mol. The second-order valence-electron chi connectivity index (χ2n) is 7.38. The minimum Gasteiger partial charge on any atom is -0.493 e. The zero-order valence-corrected chi connectivity index (χ0v) is 17.3. The van der Waals surface area contributed by atoms with E-state index in [4.69, 9.17) is 15.9 Å². The van der Waals surface area contributed by atoms with Gasteiger partial charge in [0.15, 0.2) is 5.96 Å². The molecule has 9 heteroatoms. The fraction of sp³-hybridized carbons (Fsp3) is 0.318. The van der Waals surface area contributed by atoms with E-state index in [9.17, 15) is 14.7 Å². The van der Waals surface area contributed by atoms with Gasteiger partial charge in [-0.15, -0.1) is 0 Å². The van der Waals surface area contributed by atoms with E-state index in [1.165, 1.54) is 4.90 Å². The van der Waals surface area contributed by atoms with Gasteiger partial charge in [0.05, 0.1) is 12.6 Å². The predicted molar refractivity (Wildman–Crippen MR) is 116 cm³/mol. The Bertz CT molecular complexity index is 964. The van der Waals surface area contributed by atoms with E-state index in [-0.39, 0.29) is 18.4 Å². The number of urea groups is 1. The van der Waals surface area contributed by atoms with E-state index in [0.29, 0.717) is 19.6 Å². The lowest BCUT2D eigenvalue weighted by atomic mass is 9.99. The molecule has 0 fully saturated rings. The van der Waals surface area contributed by atoms with Crippen LogP contribution in [-0.4, -0.2) is 47.7 Å². The van der Waals surface area contributed by atoms with Crippen molar-refractivity contribution in [2.45, 2.75) is 31.5 Å². The third-order valence-corrected chi connectivity index (χ3v) is 5.32. The molecule has 0 spiro atoms. The summed E-state index contributed by atoms with van der Waals surface area (Å²) in [5.41, 5.74) is 7.82. The van der Waals surface area contributed by atoms with Gasteiger partial charge in [-0.1, -0.05) is 42.5 Å². The Balaban J connectivity index is 1.72. The maximum Gasteiger partial charge on any atom is 0.326 e. The summed E-state index contributed by atoms with van der Waals surface area (Å²) in [4.78, 5) is 26.3. The Morgan fingerprint density at radius 3 is 2.61 bits per heavy atom. The van der Waals surface area contributed by atoms with Crippen molar-refractivity contribution in [3.8, 4) is 5.75 Å². The van der Waals surface area contributed by atoms with Crippen molar-refractivity contribution in [1.29, 1.82) is 5.41 Å². The van der Waals surface area contributed by atoms with Crippen molar-refractivity contribution in [3.63, 3.8) is 0 Å². The van der Waals surface area contributed by atoms with Crippen LogP contribution in [0.15, 0.2) is 48.5 Å². The number of carbonyl (C=O) groups is 2. The van der Waals surface area contributed by atoms with E-state index >= 15 is 0 Å². The quantitative estimate of drug-likeness (QED) is 0.339. The first kappa shape index (κ1) is 21.9. The number of guanidine groups is 1. The van der Waals surface area contributed by atoms with Gasteiger partial charge in [0.1, 0.15) is 11.8 Å². The maximum atomic E-state index is 12.9. The highest BCUT2D eigenvalue weighted by atomic mass is 16.5. The fourth-order valence-corrected chi connectivity index (χ4v) is 3.66. The number of carboxylic acid groups (broad SMARTS) is 1. The minimum atomic E-state index is -1.12. The number of ether oxygens (including phenoxy) is 1. The van der Waals surface area contributed by atoms with Gasteiger partial charge >= 0.3 is 12.0 Å². The van der Waals surface area contributed by atoms with Crippen molar-refractivity contribution in [2.75, 3.05) is 13.7 Å². The molecule has 1 aliphatic rings. The van der Waals surface area contributed by atoms with Crippen LogP contribution < -0.4 is 21.1 Å². The second kappa shape index (κ2) is 9.84. The van der Waals surface area contributed by atoms with Crippen LogP contribution in [0.25, 0.3) is 0 Å². The van der Waals surface area contributed by atoms with Gasteiger partial charge in [-0.25, -0.2) is 9.59 Å². The molecule has 2 aromatic carbocycles. The molecule has 31 heavy (non-hydrogen) atoms. The highest BCUT2D eigenvalue weighted by Gasteiger charge is 2.30. The molecule has 0 radical (unpaired) electrons. The molecule has 164 valence electrons. The van der Waals surface area contributed by atoms with E-state index in [0.717, 1.165) is 22.4 Å². The molecule has 0 aliphatic carbocycles. The Morgan fingerprint density at radius 2 is 1.90 bits per heavy atom. The lowest BCUT2D eigenvalue weighted by Gasteiger charge is -2.33. The molecule has 0 saturated carbocycles. The fourth-order valence-electron chi connectivity index (χ4n) is 3.66. The standard InChI is InChI=1S/C22H27N5O4/c1-27(18-10-11-31-19-9-5-4-8-16(18)19)22(30)26-17(20(28)29)12-14-6-2-3-7-15(14)13-25-21(23)24/h2-9,17-18H,10-13H2,1H3,(H,26,30)(H,28,29)(H4,23,24,25)/t17-,18?/m0/s1. The molecule has 3 rings (SSSR count). The summed E-state index contributed by atoms with van der Waals surface area (Å²) in [5, 5.41) is 22.4. The lowest BCUT2D eigenvalue weighted by molar-refractivity contribution is -0.139. The monoisotopic (exact) mass is 425 g/mol. The zero-order chi connectivity index (χ0) is 22.4. The van der Waals surface area contributed by atoms with E-state index in [1.54, 1.807) is 19.2 Å². The number of hydrogen-bond acceptors (Lipinski definition) is 4. The highest BCUT2D eigenvalue weighted by molar-refractivity contribution is 5.83. The summed E-state index contributed by atoms with van der Waals surface area (Å²) in [6.45, 7) is 0.780. The minimum absolute atomic E-state index is 0.106. The van der Waals surface area contributed by atoms with Gasteiger partial charge in [0, 0.05) is 32.0 Å². The molecule has 9 nitrogen and oxygen atoms in total. The van der Waals surface area contributed by atoms with Gasteiger partial charge in [0.25, 0.3) is 0 Å². The number of amides is 2. The maximum absolute atomic E-state index is 12.9. The van der Waals surface area contributed by atoms with Gasteiger partial charge in [0.2, 0.25) is 0 Å². The number of carboxylic acids is 1. The molecule has 0 bridgehead atoms. The number of carbonyl (C=O) groups excluding carboxylic acids is 1. The smallest absolute Gasteiger partial charge is 0.326 e. The summed E-state index contributed by atoms with van der Waals surface area (Å²) < 4.78 is 5.65. The first-order chi connectivity index (χ1) is 14.9. The van der Waals surface area contributed by atoms with Gasteiger partial charge in [-0.3, -0.25) is 5.41 Å². The number of aliphatic carboxylic acids is 1. The van der Waals surface area contributed by atoms with Crippen LogP contribution in [0.3, 0.4) is 0 Å². The summed E-state index contributed by atoms with van der Waals surface area (Å²) in [7, 11) is 1.66. The van der Waals surface area contributed by atoms with E-state index < -0.39 is 18.0 Å². The molecule has 2 atom stereocenters. The largest absolute Gasteiger partial charge is 0.493 e. The average Bonchev–Trinajstić information content (AvgIpc) is 2.76. The van der Waals surface area contributed by atoms with Crippen LogP contribution >= 0.6 is 0 Å². The van der Waals surface area contributed by atoms with E-state index in [2.05, 4.69) is 10.6 Å². The number of rotatable bonds is 7. The molecule has 6 N–H and O–H groups in total. The number of benzene rings is 2. The number of nitrogens with one attached hydrogen (secondary N) is 3. The summed E-state index contributed by atoms with van der Waals surface area (Å²) in [5.74, 6) is -0.556. The SMILES string of the molecule is CN(C(=O)N[C@@H](Cc1ccccc1CNC(=N)N)C(=O)O)C1CCOc2ccccc21. The van der Waals surface area contributed by atoms with E-state index in [1.807, 2.05) is 36.4 Å². The van der Waals surface area contributed by atoms with Gasteiger partial charge in [-0.05, 0) is 17.2 Å². The van der Waals surface area contributed by atoms with Crippen molar-refractivity contribution in [1.82, 2.24) is 15.5 Å². The number of nitrogens with two attached hydrogens (primary N) is 1. The molecule has 0 saturated heterocycles. The number of fused-ring (bicyclic) bond motifs is 1. The van der Waals surface area contributed by atoms with Gasteiger partial charge < -0.3 is 31.1 Å². The second-order valence-corrected chi connectivity index (χ2v) is 7.38. The first-order valence-corrected chi connectivity index (χ1v) is 9.99. The van der Waals surface area contributed by atoms with Crippen LogP contribution in [0.5, 0.6) is 5.75 Å². The summed E-state index contributed by atoms with van der Waals surface area (Å²) in [6, 6.07) is 13.0. The van der Waals surface area contributed by atoms with Crippen LogP contribution in [0.4, 0.5) is 4.79 Å². The number of para-hydroxylation sites is 1. The molecule has 1 aliphatic heterocycles. The lowest BCUT2D eigenvalue weighted by Crippen LogP contribution is -2.49. The predicted octanol–water partition coefficient (Wildman–Crippen LogP) is 1.83. The molecule has 1 unspecified atom stereocenters. The van der Waals surface area contributed by atoms with Crippen molar-refractivity contribution >= 4 is 18.0 Å². The van der Waals surface area contributed by atoms with Crippen molar-refractivity contribution in [3.05, 3.63) is 65.2 Å². The van der Waals surface area contributed by atoms with Crippen molar-refractivity contribution < 1.29 is 19.4 Å². The van der Waals surface area contributed by atoms with Crippen LogP contribution in [0.1, 0.15) is 29.2 Å². The molecule has 2 amide bonds. The Morgan fingerprint density at radius 1 is 1.23 bits per heavy atom. The molecule has 0 aromatic heterocycles. The molecule has 1 heterocycles. The molecular formula is C22H27N5O4. The third-order valence-electron chi connectivity index (χ3n) is 5.32. The highest BCUT2D eigenvalue weighted by Crippen LogP contribution is 2.35.